The molecule has 0 bridgehead atoms. The van der Waals surface area contributed by atoms with Crippen molar-refractivity contribution in [2.24, 2.45) is 0 Å². The summed E-state index contributed by atoms with van der Waals surface area (Å²) in [6.07, 6.45) is 1.14. The fourth-order valence-electron chi connectivity index (χ4n) is 1.39. The van der Waals surface area contributed by atoms with E-state index in [9.17, 15) is 0 Å². The van der Waals surface area contributed by atoms with Gasteiger partial charge in [0.1, 0.15) is 5.75 Å². The lowest BCUT2D eigenvalue weighted by Crippen LogP contribution is -2.06. The molecular weight excluding hydrogens is 182 g/mol. The van der Waals surface area contributed by atoms with Crippen molar-refractivity contribution in [2.75, 3.05) is 12.4 Å². The van der Waals surface area contributed by atoms with E-state index in [4.69, 9.17) is 4.74 Å². The van der Waals surface area contributed by atoms with E-state index in [1.165, 1.54) is 10.6 Å². The van der Waals surface area contributed by atoms with Gasteiger partial charge in [-0.15, -0.1) is 0 Å². The lowest BCUT2D eigenvalue weighted by Gasteiger charge is -2.04. The minimum Gasteiger partial charge on any atom is -0.497 e. The molecule has 1 aliphatic heterocycles. The third-order valence-corrected chi connectivity index (χ3v) is 3.47. The van der Waals surface area contributed by atoms with Crippen LogP contribution in [0.4, 0.5) is 5.69 Å². The summed E-state index contributed by atoms with van der Waals surface area (Å²) in [5.74, 6) is 0.935. The average Bonchev–Trinajstić information content (AvgIpc) is 2.58. The number of hydrogen-bond acceptors (Lipinski definition) is 3. The number of benzene rings is 1. The van der Waals surface area contributed by atoms with Crippen LogP contribution in [0.15, 0.2) is 23.1 Å². The van der Waals surface area contributed by atoms with Crippen molar-refractivity contribution in [1.82, 2.24) is 0 Å². The van der Waals surface area contributed by atoms with Crippen molar-refractivity contribution in [3.8, 4) is 5.75 Å². The van der Waals surface area contributed by atoms with Crippen LogP contribution in [0.2, 0.25) is 0 Å². The third kappa shape index (κ3) is 1.61. The van der Waals surface area contributed by atoms with E-state index in [1.807, 2.05) is 17.8 Å². The predicted molar refractivity (Wildman–Crippen MR) is 56.6 cm³/mol. The molecular formula is C10H13NOS. The Morgan fingerprint density at radius 1 is 1.54 bits per heavy atom. The lowest BCUT2D eigenvalue weighted by atomic mass is 10.3. The van der Waals surface area contributed by atoms with Crippen molar-refractivity contribution in [3.63, 3.8) is 0 Å². The first-order valence-corrected chi connectivity index (χ1v) is 5.32. The Balaban J connectivity index is 2.25. The maximum Gasteiger partial charge on any atom is 0.120 e. The third-order valence-electron chi connectivity index (χ3n) is 2.15. The van der Waals surface area contributed by atoms with Crippen LogP contribution in [0.3, 0.4) is 0 Å². The van der Waals surface area contributed by atoms with Gasteiger partial charge in [-0.1, -0.05) is 18.7 Å². The van der Waals surface area contributed by atoms with E-state index in [1.54, 1.807) is 7.11 Å². The van der Waals surface area contributed by atoms with Gasteiger partial charge in [-0.3, -0.25) is 0 Å². The summed E-state index contributed by atoms with van der Waals surface area (Å²) in [6.45, 7) is 2.19. The Kier molecular flexibility index (Phi) is 2.36. The highest BCUT2D eigenvalue weighted by Gasteiger charge is 2.19. The summed E-state index contributed by atoms with van der Waals surface area (Å²) in [6, 6.07) is 6.16. The Bertz CT molecular complexity index is 314. The SMILES string of the molecule is CCC1Nc2ccc(OC)cc2S1. The molecule has 0 aromatic heterocycles. The van der Waals surface area contributed by atoms with Crippen molar-refractivity contribution >= 4 is 17.4 Å². The summed E-state index contributed by atoms with van der Waals surface area (Å²) >= 11 is 1.87. The smallest absolute Gasteiger partial charge is 0.120 e. The molecule has 1 aromatic rings. The standard InChI is InChI=1S/C10H13NOS/c1-3-10-11-8-5-4-7(12-2)6-9(8)13-10/h4-6,10-11H,3H2,1-2H3. The zero-order valence-corrected chi connectivity index (χ0v) is 8.65. The van der Waals surface area contributed by atoms with Crippen LogP contribution in [-0.2, 0) is 0 Å². The normalized spacial score (nSPS) is 19.4. The number of thioether (sulfide) groups is 1. The molecule has 2 rings (SSSR count). The molecule has 1 heterocycles. The quantitative estimate of drug-likeness (QED) is 0.784. The average molecular weight is 195 g/mol. The van der Waals surface area contributed by atoms with Crippen LogP contribution in [0.5, 0.6) is 5.75 Å². The summed E-state index contributed by atoms with van der Waals surface area (Å²) < 4.78 is 5.17. The Morgan fingerprint density at radius 2 is 2.38 bits per heavy atom. The molecule has 1 aromatic carbocycles. The Labute approximate surface area is 82.7 Å². The van der Waals surface area contributed by atoms with E-state index >= 15 is 0 Å². The minimum absolute atomic E-state index is 0.530. The molecule has 1 aliphatic rings. The molecule has 0 amide bonds. The maximum absolute atomic E-state index is 5.17. The lowest BCUT2D eigenvalue weighted by molar-refractivity contribution is 0.414. The van der Waals surface area contributed by atoms with E-state index < -0.39 is 0 Å². The van der Waals surface area contributed by atoms with Gasteiger partial charge in [-0.05, 0) is 24.6 Å². The van der Waals surface area contributed by atoms with Crippen LogP contribution in [0, 0.1) is 0 Å². The van der Waals surface area contributed by atoms with Gasteiger partial charge in [-0.2, -0.15) is 0 Å². The molecule has 70 valence electrons. The van der Waals surface area contributed by atoms with Gasteiger partial charge in [0.2, 0.25) is 0 Å². The second-order valence-electron chi connectivity index (χ2n) is 3.02. The summed E-state index contributed by atoms with van der Waals surface area (Å²) in [7, 11) is 1.70. The van der Waals surface area contributed by atoms with Crippen LogP contribution in [0.1, 0.15) is 13.3 Å². The zero-order valence-electron chi connectivity index (χ0n) is 7.83. The molecule has 0 saturated carbocycles. The molecule has 1 unspecified atom stereocenters. The van der Waals surface area contributed by atoms with E-state index in [2.05, 4.69) is 24.4 Å². The molecule has 0 spiro atoms. The fourth-order valence-corrected chi connectivity index (χ4v) is 2.49. The van der Waals surface area contributed by atoms with E-state index in [0.29, 0.717) is 5.37 Å². The van der Waals surface area contributed by atoms with Crippen molar-refractivity contribution in [2.45, 2.75) is 23.6 Å². The second-order valence-corrected chi connectivity index (χ2v) is 4.27. The largest absolute Gasteiger partial charge is 0.497 e. The van der Waals surface area contributed by atoms with Gasteiger partial charge < -0.3 is 10.1 Å². The van der Waals surface area contributed by atoms with Crippen molar-refractivity contribution in [1.29, 1.82) is 0 Å². The van der Waals surface area contributed by atoms with E-state index in [0.717, 1.165) is 12.2 Å². The maximum atomic E-state index is 5.17. The zero-order chi connectivity index (χ0) is 9.26. The number of ether oxygens (including phenoxy) is 1. The van der Waals surface area contributed by atoms with Crippen LogP contribution in [0.25, 0.3) is 0 Å². The number of hydrogen-bond donors (Lipinski definition) is 1. The number of rotatable bonds is 2. The number of fused-ring (bicyclic) bond motifs is 1. The molecule has 0 radical (unpaired) electrons. The molecule has 3 heteroatoms. The number of anilines is 1. The molecule has 0 saturated heterocycles. The molecule has 1 atom stereocenters. The van der Waals surface area contributed by atoms with Crippen LogP contribution >= 0.6 is 11.8 Å². The molecule has 1 N–H and O–H groups in total. The molecule has 0 aliphatic carbocycles. The van der Waals surface area contributed by atoms with E-state index in [-0.39, 0.29) is 0 Å². The first kappa shape index (κ1) is 8.75. The fraction of sp³-hybridized carbons (Fsp3) is 0.400. The van der Waals surface area contributed by atoms with Gasteiger partial charge in [0.05, 0.1) is 12.5 Å². The number of methoxy groups -OCH3 is 1. The first-order valence-electron chi connectivity index (χ1n) is 4.44. The van der Waals surface area contributed by atoms with Gasteiger partial charge in [-0.25, -0.2) is 0 Å². The molecule has 13 heavy (non-hydrogen) atoms. The molecule has 0 fully saturated rings. The summed E-state index contributed by atoms with van der Waals surface area (Å²) in [4.78, 5) is 1.30. The first-order chi connectivity index (χ1) is 6.33. The minimum atomic E-state index is 0.530. The predicted octanol–water partition coefficient (Wildman–Crippen LogP) is 2.95. The highest BCUT2D eigenvalue weighted by atomic mass is 32.2. The Hall–Kier alpha value is -0.830. The molecule has 2 nitrogen and oxygen atoms in total. The monoisotopic (exact) mass is 195 g/mol. The van der Waals surface area contributed by atoms with Crippen molar-refractivity contribution < 1.29 is 4.74 Å². The summed E-state index contributed by atoms with van der Waals surface area (Å²) in [5, 5.41) is 3.97. The number of nitrogens with one attached hydrogen (secondary N) is 1. The van der Waals surface area contributed by atoms with Crippen LogP contribution < -0.4 is 10.1 Å². The van der Waals surface area contributed by atoms with Crippen LogP contribution in [-0.4, -0.2) is 12.5 Å². The second kappa shape index (κ2) is 3.50. The topological polar surface area (TPSA) is 21.3 Å². The highest BCUT2D eigenvalue weighted by Crippen LogP contribution is 2.41. The highest BCUT2D eigenvalue weighted by molar-refractivity contribution is 8.00. The van der Waals surface area contributed by atoms with Crippen molar-refractivity contribution in [3.05, 3.63) is 18.2 Å². The van der Waals surface area contributed by atoms with Gasteiger partial charge in [0.25, 0.3) is 0 Å². The van der Waals surface area contributed by atoms with Gasteiger partial charge >= 0.3 is 0 Å². The van der Waals surface area contributed by atoms with Gasteiger partial charge in [0, 0.05) is 10.6 Å². The Morgan fingerprint density at radius 3 is 3.08 bits per heavy atom. The summed E-state index contributed by atoms with van der Waals surface area (Å²) in [5.41, 5.74) is 1.23. The van der Waals surface area contributed by atoms with Gasteiger partial charge in [0.15, 0.2) is 0 Å².